The molecule has 0 spiro atoms. The van der Waals surface area contributed by atoms with Crippen LogP contribution in [0, 0.1) is 0 Å². The Morgan fingerprint density at radius 2 is 1.94 bits per heavy atom. The molecule has 8 heteroatoms. The Balaban J connectivity index is 1.56. The second-order valence-corrected chi connectivity index (χ2v) is 8.52. The molecule has 1 amide bonds. The summed E-state index contributed by atoms with van der Waals surface area (Å²) in [4.78, 5) is 22.9. The zero-order valence-corrected chi connectivity index (χ0v) is 19.3. The lowest BCUT2D eigenvalue weighted by Crippen LogP contribution is -2.32. The number of benzene rings is 2. The van der Waals surface area contributed by atoms with Crippen molar-refractivity contribution in [1.82, 2.24) is 19.9 Å². The summed E-state index contributed by atoms with van der Waals surface area (Å²) in [5.74, 6) is 0.814. The predicted molar refractivity (Wildman–Crippen MR) is 132 cm³/mol. The summed E-state index contributed by atoms with van der Waals surface area (Å²) in [7, 11) is 0. The lowest BCUT2D eigenvalue weighted by atomic mass is 10.2. The van der Waals surface area contributed by atoms with Crippen LogP contribution in [0.3, 0.4) is 0 Å². The van der Waals surface area contributed by atoms with Crippen molar-refractivity contribution in [2.24, 2.45) is 0 Å². The summed E-state index contributed by atoms with van der Waals surface area (Å²) in [5, 5.41) is 2.98. The standard InChI is InChI=1S/C26H29N5O3/c1-2-3-14-33-18-12-10-17(11-13-18)31-24(27)22(26(32)28-16-19-7-6-15-34-19)23-25(31)30-21-9-5-4-8-20(21)29-23/h4-5,8-13,19H,2-3,6-7,14-16,27H2,1H3,(H,28,32)/t19-/m0/s1. The molecule has 2 aromatic heterocycles. The molecule has 0 saturated carbocycles. The van der Waals surface area contributed by atoms with E-state index >= 15 is 0 Å². The summed E-state index contributed by atoms with van der Waals surface area (Å²) >= 11 is 0. The second kappa shape index (κ2) is 9.69. The first-order chi connectivity index (χ1) is 16.7. The molecule has 8 nitrogen and oxygen atoms in total. The third kappa shape index (κ3) is 4.28. The van der Waals surface area contributed by atoms with Crippen molar-refractivity contribution in [2.45, 2.75) is 38.7 Å². The maximum Gasteiger partial charge on any atom is 0.257 e. The van der Waals surface area contributed by atoms with Gasteiger partial charge in [-0.15, -0.1) is 0 Å². The summed E-state index contributed by atoms with van der Waals surface area (Å²) in [6, 6.07) is 15.2. The molecule has 0 radical (unpaired) electrons. The van der Waals surface area contributed by atoms with Gasteiger partial charge in [0.1, 0.15) is 22.6 Å². The summed E-state index contributed by atoms with van der Waals surface area (Å²) < 4.78 is 13.2. The molecule has 34 heavy (non-hydrogen) atoms. The van der Waals surface area contributed by atoms with Gasteiger partial charge in [0.15, 0.2) is 5.65 Å². The van der Waals surface area contributed by atoms with Crippen LogP contribution in [0.5, 0.6) is 5.75 Å². The highest BCUT2D eigenvalue weighted by molar-refractivity contribution is 6.11. The zero-order valence-electron chi connectivity index (χ0n) is 19.3. The number of nitrogen functional groups attached to an aromatic ring is 1. The number of hydrogen-bond donors (Lipinski definition) is 2. The van der Waals surface area contributed by atoms with Crippen molar-refractivity contribution in [3.8, 4) is 11.4 Å². The average Bonchev–Trinajstić information content (AvgIpc) is 3.47. The average molecular weight is 460 g/mol. The summed E-state index contributed by atoms with van der Waals surface area (Å²) in [6.45, 7) is 3.98. The molecule has 4 aromatic rings. The van der Waals surface area contributed by atoms with Gasteiger partial charge in [-0.25, -0.2) is 9.97 Å². The second-order valence-electron chi connectivity index (χ2n) is 8.52. The van der Waals surface area contributed by atoms with Crippen molar-refractivity contribution in [1.29, 1.82) is 0 Å². The molecular weight excluding hydrogens is 430 g/mol. The van der Waals surface area contributed by atoms with Gasteiger partial charge >= 0.3 is 0 Å². The first-order valence-electron chi connectivity index (χ1n) is 11.9. The van der Waals surface area contributed by atoms with Gasteiger partial charge in [-0.1, -0.05) is 25.5 Å². The SMILES string of the molecule is CCCCOc1ccc(-n2c(N)c(C(=O)NC[C@@H]3CCCO3)c3nc4ccccc4nc32)cc1. The summed E-state index contributed by atoms with van der Waals surface area (Å²) in [6.07, 6.45) is 4.07. The van der Waals surface area contributed by atoms with Crippen LogP contribution in [0.4, 0.5) is 5.82 Å². The number of unbranched alkanes of at least 4 members (excludes halogenated alkanes) is 1. The third-order valence-corrected chi connectivity index (χ3v) is 6.10. The third-order valence-electron chi connectivity index (χ3n) is 6.10. The minimum Gasteiger partial charge on any atom is -0.494 e. The van der Waals surface area contributed by atoms with E-state index in [1.165, 1.54) is 0 Å². The Labute approximate surface area is 198 Å². The molecule has 5 rings (SSSR count). The fourth-order valence-electron chi connectivity index (χ4n) is 4.27. The lowest BCUT2D eigenvalue weighted by Gasteiger charge is -2.11. The molecule has 3 N–H and O–H groups in total. The number of amides is 1. The molecule has 0 bridgehead atoms. The molecule has 1 atom stereocenters. The van der Waals surface area contributed by atoms with E-state index in [4.69, 9.17) is 25.2 Å². The minimum atomic E-state index is -0.277. The highest BCUT2D eigenvalue weighted by Gasteiger charge is 2.26. The largest absolute Gasteiger partial charge is 0.494 e. The number of aromatic nitrogens is 3. The van der Waals surface area contributed by atoms with E-state index in [0.29, 0.717) is 41.2 Å². The topological polar surface area (TPSA) is 104 Å². The van der Waals surface area contributed by atoms with Crippen LogP contribution in [-0.4, -0.2) is 46.3 Å². The smallest absolute Gasteiger partial charge is 0.257 e. The Hall–Kier alpha value is -3.65. The molecule has 3 heterocycles. The number of nitrogens with zero attached hydrogens (tertiary/aromatic N) is 3. The Morgan fingerprint density at radius 3 is 2.65 bits per heavy atom. The number of carbonyl (C=O) groups excluding carboxylic acids is 1. The van der Waals surface area contributed by atoms with Crippen LogP contribution in [0.15, 0.2) is 48.5 Å². The Morgan fingerprint density at radius 1 is 1.18 bits per heavy atom. The highest BCUT2D eigenvalue weighted by Crippen LogP contribution is 2.31. The van der Waals surface area contributed by atoms with E-state index < -0.39 is 0 Å². The molecule has 1 fully saturated rings. The van der Waals surface area contributed by atoms with Gasteiger partial charge in [0.25, 0.3) is 5.91 Å². The van der Waals surface area contributed by atoms with Crippen LogP contribution in [0.1, 0.15) is 43.0 Å². The zero-order chi connectivity index (χ0) is 23.5. The fraction of sp³-hybridized carbons (Fsp3) is 0.346. The molecule has 1 aliphatic rings. The number of hydrogen-bond acceptors (Lipinski definition) is 6. The number of nitrogens with one attached hydrogen (secondary N) is 1. The number of anilines is 1. The molecule has 1 saturated heterocycles. The van der Waals surface area contributed by atoms with Gasteiger partial charge in [0, 0.05) is 18.8 Å². The normalized spacial score (nSPS) is 15.7. The number of nitrogens with two attached hydrogens (primary N) is 1. The number of fused-ring (bicyclic) bond motifs is 2. The maximum atomic E-state index is 13.3. The number of rotatable bonds is 8. The van der Waals surface area contributed by atoms with Crippen molar-refractivity contribution in [3.63, 3.8) is 0 Å². The van der Waals surface area contributed by atoms with E-state index in [2.05, 4.69) is 12.2 Å². The van der Waals surface area contributed by atoms with Crippen molar-refractivity contribution >= 4 is 33.9 Å². The first kappa shape index (κ1) is 22.2. The van der Waals surface area contributed by atoms with E-state index in [0.717, 1.165) is 49.2 Å². The van der Waals surface area contributed by atoms with Crippen LogP contribution >= 0.6 is 0 Å². The Kier molecular flexibility index (Phi) is 6.31. The maximum absolute atomic E-state index is 13.3. The lowest BCUT2D eigenvalue weighted by molar-refractivity contribution is 0.0859. The van der Waals surface area contributed by atoms with Crippen LogP contribution < -0.4 is 15.8 Å². The van der Waals surface area contributed by atoms with Crippen molar-refractivity contribution < 1.29 is 14.3 Å². The molecule has 0 unspecified atom stereocenters. The highest BCUT2D eigenvalue weighted by atomic mass is 16.5. The van der Waals surface area contributed by atoms with Crippen molar-refractivity contribution in [3.05, 3.63) is 54.1 Å². The molecular formula is C26H29N5O3. The fourth-order valence-corrected chi connectivity index (χ4v) is 4.27. The monoisotopic (exact) mass is 459 g/mol. The molecule has 176 valence electrons. The van der Waals surface area contributed by atoms with Crippen LogP contribution in [-0.2, 0) is 4.74 Å². The van der Waals surface area contributed by atoms with Crippen molar-refractivity contribution in [2.75, 3.05) is 25.5 Å². The Bertz CT molecular complexity index is 1310. The van der Waals surface area contributed by atoms with E-state index in [-0.39, 0.29) is 12.0 Å². The number of ether oxygens (including phenoxy) is 2. The van der Waals surface area contributed by atoms with Gasteiger partial charge in [0.2, 0.25) is 0 Å². The van der Waals surface area contributed by atoms with Gasteiger partial charge in [0.05, 0.1) is 23.7 Å². The van der Waals surface area contributed by atoms with E-state index in [1.807, 2.05) is 48.5 Å². The van der Waals surface area contributed by atoms with Gasteiger partial charge in [-0.2, -0.15) is 0 Å². The first-order valence-corrected chi connectivity index (χ1v) is 11.9. The number of carbonyl (C=O) groups is 1. The molecule has 2 aromatic carbocycles. The quantitative estimate of drug-likeness (QED) is 0.382. The van der Waals surface area contributed by atoms with Gasteiger partial charge in [-0.3, -0.25) is 9.36 Å². The van der Waals surface area contributed by atoms with Crippen LogP contribution in [0.2, 0.25) is 0 Å². The van der Waals surface area contributed by atoms with Crippen LogP contribution in [0.25, 0.3) is 27.9 Å². The predicted octanol–water partition coefficient (Wildman–Crippen LogP) is 4.24. The summed E-state index contributed by atoms with van der Waals surface area (Å²) in [5.41, 5.74) is 10.2. The molecule has 1 aliphatic heterocycles. The minimum absolute atomic E-state index is 0.0330. The van der Waals surface area contributed by atoms with Gasteiger partial charge in [-0.05, 0) is 55.7 Å². The van der Waals surface area contributed by atoms with E-state index in [1.54, 1.807) is 4.57 Å². The number of para-hydroxylation sites is 2. The molecule has 0 aliphatic carbocycles. The van der Waals surface area contributed by atoms with Gasteiger partial charge < -0.3 is 20.5 Å². The van der Waals surface area contributed by atoms with E-state index in [9.17, 15) is 4.79 Å².